The summed E-state index contributed by atoms with van der Waals surface area (Å²) in [6, 6.07) is 14.3. The van der Waals surface area contributed by atoms with Crippen LogP contribution in [0, 0.1) is 25.2 Å². The first-order chi connectivity index (χ1) is 15.3. The zero-order chi connectivity index (χ0) is 23.3. The Labute approximate surface area is 193 Å². The highest BCUT2D eigenvalue weighted by Crippen LogP contribution is 2.28. The molecule has 0 saturated carbocycles. The second-order valence-corrected chi connectivity index (χ2v) is 9.14. The first-order valence-electron chi connectivity index (χ1n) is 10.9. The number of aromatic amines is 1. The number of rotatable bonds is 8. The number of hydrogen-bond acceptors (Lipinski definition) is 4. The average molecular weight is 448 g/mol. The summed E-state index contributed by atoms with van der Waals surface area (Å²) in [6.45, 7) is 7.96. The van der Waals surface area contributed by atoms with Crippen molar-refractivity contribution >= 4 is 17.2 Å². The first-order valence-corrected chi connectivity index (χ1v) is 11.8. The molecule has 0 aliphatic carbocycles. The molecule has 0 spiro atoms. The SMILES string of the molecule is CCC(C)c1ccc(C(NC(=O)CCc2c(C)[nH]c(=O)c(C#N)c2C)c2cccs2)cc1. The molecule has 1 amide bonds. The van der Waals surface area contributed by atoms with Gasteiger partial charge in [-0.2, -0.15) is 5.26 Å². The fourth-order valence-electron chi connectivity index (χ4n) is 3.92. The van der Waals surface area contributed by atoms with Gasteiger partial charge in [0.05, 0.1) is 6.04 Å². The number of nitriles is 1. The topological polar surface area (TPSA) is 85.8 Å². The highest BCUT2D eigenvalue weighted by atomic mass is 32.1. The van der Waals surface area contributed by atoms with E-state index in [0.29, 0.717) is 23.6 Å². The van der Waals surface area contributed by atoms with Gasteiger partial charge in [0.15, 0.2) is 0 Å². The number of nitrogens with zero attached hydrogens (tertiary/aromatic N) is 1. The summed E-state index contributed by atoms with van der Waals surface area (Å²) in [5, 5.41) is 14.5. The van der Waals surface area contributed by atoms with E-state index in [1.54, 1.807) is 25.2 Å². The Morgan fingerprint density at radius 2 is 1.88 bits per heavy atom. The zero-order valence-corrected chi connectivity index (χ0v) is 19.8. The van der Waals surface area contributed by atoms with Gasteiger partial charge < -0.3 is 10.3 Å². The molecule has 32 heavy (non-hydrogen) atoms. The molecule has 0 saturated heterocycles. The first kappa shape index (κ1) is 23.5. The van der Waals surface area contributed by atoms with Gasteiger partial charge in [0, 0.05) is 17.0 Å². The maximum Gasteiger partial charge on any atom is 0.266 e. The highest BCUT2D eigenvalue weighted by molar-refractivity contribution is 7.10. The molecule has 1 aromatic carbocycles. The zero-order valence-electron chi connectivity index (χ0n) is 19.0. The van der Waals surface area contributed by atoms with Crippen molar-refractivity contribution in [2.75, 3.05) is 0 Å². The standard InChI is InChI=1S/C26H29N3O2S/c1-5-16(2)19-8-10-20(11-9-19)25(23-7-6-14-32-23)29-24(30)13-12-21-17(3)22(15-27)26(31)28-18(21)4/h6-11,14,16,25H,5,12-13H2,1-4H3,(H,28,31)(H,29,30). The minimum absolute atomic E-state index is 0.0714. The van der Waals surface area contributed by atoms with Gasteiger partial charge in [-0.3, -0.25) is 9.59 Å². The van der Waals surface area contributed by atoms with Crippen molar-refractivity contribution in [1.29, 1.82) is 5.26 Å². The molecule has 2 atom stereocenters. The Kier molecular flexibility index (Phi) is 7.66. The molecule has 2 N–H and O–H groups in total. The quantitative estimate of drug-likeness (QED) is 0.493. The summed E-state index contributed by atoms with van der Waals surface area (Å²) in [5.74, 6) is 0.429. The molecular formula is C26H29N3O2S. The summed E-state index contributed by atoms with van der Waals surface area (Å²) in [6.07, 6.45) is 1.81. The summed E-state index contributed by atoms with van der Waals surface area (Å²) in [4.78, 5) is 28.7. The van der Waals surface area contributed by atoms with Crippen LogP contribution in [0.4, 0.5) is 0 Å². The van der Waals surface area contributed by atoms with Crippen LogP contribution in [0.2, 0.25) is 0 Å². The number of nitrogens with one attached hydrogen (secondary N) is 2. The van der Waals surface area contributed by atoms with Crippen LogP contribution in [0.25, 0.3) is 0 Å². The lowest BCUT2D eigenvalue weighted by Crippen LogP contribution is -2.29. The molecule has 3 rings (SSSR count). The number of aryl methyl sites for hydroxylation is 1. The van der Waals surface area contributed by atoms with Gasteiger partial charge in [0.2, 0.25) is 5.91 Å². The Morgan fingerprint density at radius 3 is 2.47 bits per heavy atom. The van der Waals surface area contributed by atoms with Crippen molar-refractivity contribution in [3.63, 3.8) is 0 Å². The largest absolute Gasteiger partial charge is 0.344 e. The third-order valence-corrected chi connectivity index (χ3v) is 7.04. The molecular weight excluding hydrogens is 418 g/mol. The summed E-state index contributed by atoms with van der Waals surface area (Å²) in [7, 11) is 0. The van der Waals surface area contributed by atoms with Gasteiger partial charge in [-0.1, -0.05) is 44.2 Å². The van der Waals surface area contributed by atoms with Crippen LogP contribution >= 0.6 is 11.3 Å². The molecule has 2 heterocycles. The molecule has 0 fully saturated rings. The molecule has 0 radical (unpaired) electrons. The van der Waals surface area contributed by atoms with E-state index in [1.165, 1.54) is 5.56 Å². The van der Waals surface area contributed by atoms with Gasteiger partial charge in [-0.05, 0) is 66.3 Å². The third-order valence-electron chi connectivity index (χ3n) is 6.11. The van der Waals surface area contributed by atoms with E-state index in [1.807, 2.05) is 23.6 Å². The number of aromatic nitrogens is 1. The van der Waals surface area contributed by atoms with Crippen LogP contribution in [-0.4, -0.2) is 10.9 Å². The van der Waals surface area contributed by atoms with E-state index in [-0.39, 0.29) is 29.5 Å². The molecule has 0 aliphatic rings. The van der Waals surface area contributed by atoms with E-state index in [2.05, 4.69) is 48.4 Å². The van der Waals surface area contributed by atoms with Crippen molar-refractivity contribution in [1.82, 2.24) is 10.3 Å². The van der Waals surface area contributed by atoms with Crippen LogP contribution in [0.5, 0.6) is 0 Å². The van der Waals surface area contributed by atoms with Crippen LogP contribution in [0.1, 0.15) is 77.0 Å². The number of carbonyl (C=O) groups is 1. The lowest BCUT2D eigenvalue weighted by Gasteiger charge is -2.20. The van der Waals surface area contributed by atoms with Crippen molar-refractivity contribution < 1.29 is 4.79 Å². The molecule has 6 heteroatoms. The molecule has 166 valence electrons. The maximum atomic E-state index is 12.9. The number of H-pyrrole nitrogens is 1. The van der Waals surface area contributed by atoms with Gasteiger partial charge in [-0.15, -0.1) is 11.3 Å². The van der Waals surface area contributed by atoms with Gasteiger partial charge >= 0.3 is 0 Å². The molecule has 2 unspecified atom stereocenters. The van der Waals surface area contributed by atoms with Crippen molar-refractivity contribution in [3.05, 3.63) is 90.5 Å². The molecule has 2 aromatic heterocycles. The van der Waals surface area contributed by atoms with Crippen LogP contribution in [-0.2, 0) is 11.2 Å². The van der Waals surface area contributed by atoms with E-state index >= 15 is 0 Å². The molecule has 0 aliphatic heterocycles. The molecule has 5 nitrogen and oxygen atoms in total. The summed E-state index contributed by atoms with van der Waals surface area (Å²) >= 11 is 1.62. The highest BCUT2D eigenvalue weighted by Gasteiger charge is 2.19. The van der Waals surface area contributed by atoms with Gasteiger partial charge in [-0.25, -0.2) is 0 Å². The molecule has 0 bridgehead atoms. The van der Waals surface area contributed by atoms with Crippen molar-refractivity contribution in [2.45, 2.75) is 58.9 Å². The fourth-order valence-corrected chi connectivity index (χ4v) is 4.72. The van der Waals surface area contributed by atoms with Crippen LogP contribution in [0.3, 0.4) is 0 Å². The fraction of sp³-hybridized carbons (Fsp3) is 0.346. The second kappa shape index (κ2) is 10.4. The van der Waals surface area contributed by atoms with Gasteiger partial charge in [0.1, 0.15) is 11.6 Å². The third kappa shape index (κ3) is 5.17. The normalized spacial score (nSPS) is 12.7. The monoisotopic (exact) mass is 447 g/mol. The number of thiophene rings is 1. The molecule has 3 aromatic rings. The van der Waals surface area contributed by atoms with Crippen molar-refractivity contribution in [3.8, 4) is 6.07 Å². The number of benzene rings is 1. The minimum Gasteiger partial charge on any atom is -0.344 e. The van der Waals surface area contributed by atoms with E-state index < -0.39 is 0 Å². The van der Waals surface area contributed by atoms with E-state index in [9.17, 15) is 14.9 Å². The number of hydrogen-bond donors (Lipinski definition) is 2. The number of carbonyl (C=O) groups excluding carboxylic acids is 1. The van der Waals surface area contributed by atoms with E-state index in [0.717, 1.165) is 22.4 Å². The Morgan fingerprint density at radius 1 is 1.19 bits per heavy atom. The Balaban J connectivity index is 1.78. The maximum absolute atomic E-state index is 12.9. The van der Waals surface area contributed by atoms with Crippen LogP contribution in [0.15, 0.2) is 46.6 Å². The second-order valence-electron chi connectivity index (χ2n) is 8.16. The minimum atomic E-state index is -0.380. The van der Waals surface area contributed by atoms with Crippen LogP contribution < -0.4 is 10.9 Å². The van der Waals surface area contributed by atoms with Crippen molar-refractivity contribution in [2.24, 2.45) is 0 Å². The lowest BCUT2D eigenvalue weighted by molar-refractivity contribution is -0.121. The average Bonchev–Trinajstić information content (AvgIpc) is 3.31. The smallest absolute Gasteiger partial charge is 0.266 e. The Bertz CT molecular complexity index is 1170. The lowest BCUT2D eigenvalue weighted by atomic mass is 9.95. The number of pyridine rings is 1. The predicted molar refractivity (Wildman–Crippen MR) is 129 cm³/mol. The van der Waals surface area contributed by atoms with Gasteiger partial charge in [0.25, 0.3) is 5.56 Å². The summed E-state index contributed by atoms with van der Waals surface area (Å²) in [5.41, 5.74) is 4.28. The summed E-state index contributed by atoms with van der Waals surface area (Å²) < 4.78 is 0. The Hall–Kier alpha value is -3.17. The van der Waals surface area contributed by atoms with E-state index in [4.69, 9.17) is 0 Å². The number of amides is 1. The predicted octanol–water partition coefficient (Wildman–Crippen LogP) is 5.28.